The van der Waals surface area contributed by atoms with E-state index in [2.05, 4.69) is 5.32 Å². The molecule has 1 N–H and O–H groups in total. The summed E-state index contributed by atoms with van der Waals surface area (Å²) in [5, 5.41) is 12.4. The van der Waals surface area contributed by atoms with Crippen molar-refractivity contribution in [3.05, 3.63) is 99.1 Å². The zero-order valence-corrected chi connectivity index (χ0v) is 19.1. The number of halogens is 4. The molecule has 0 aliphatic carbocycles. The van der Waals surface area contributed by atoms with Crippen molar-refractivity contribution in [1.82, 2.24) is 0 Å². The molecule has 174 valence electrons. The van der Waals surface area contributed by atoms with Crippen LogP contribution in [0.2, 0.25) is 5.02 Å². The Balaban J connectivity index is 1.77. The van der Waals surface area contributed by atoms with Gasteiger partial charge < -0.3 is 10.1 Å². The van der Waals surface area contributed by atoms with Crippen molar-refractivity contribution in [3.8, 4) is 11.8 Å². The fraction of sp³-hybridized carbons (Fsp3) is 0.154. The molecule has 0 fully saturated rings. The Kier molecular flexibility index (Phi) is 7.64. The van der Waals surface area contributed by atoms with Gasteiger partial charge in [-0.3, -0.25) is 4.79 Å². The Bertz CT molecular complexity index is 1250. The Morgan fingerprint density at radius 1 is 1.09 bits per heavy atom. The number of rotatable bonds is 6. The maximum Gasteiger partial charge on any atom is 0.416 e. The number of alkyl halides is 3. The van der Waals surface area contributed by atoms with Crippen molar-refractivity contribution in [3.63, 3.8) is 0 Å². The van der Waals surface area contributed by atoms with E-state index in [0.29, 0.717) is 22.9 Å². The number of ether oxygens (including phenoxy) is 1. The van der Waals surface area contributed by atoms with E-state index in [9.17, 15) is 23.2 Å². The predicted octanol–water partition coefficient (Wildman–Crippen LogP) is 7.10. The molecular weight excluding hydrogens is 465 g/mol. The van der Waals surface area contributed by atoms with Crippen LogP contribution in [0, 0.1) is 25.2 Å². The SMILES string of the molecule is Cc1cc(/C=C(\C#N)C(=O)Nc2cccc(C(F)(F)F)c2)cc(C)c1OCc1ccc(Cl)cc1. The topological polar surface area (TPSA) is 62.1 Å². The fourth-order valence-corrected chi connectivity index (χ4v) is 3.44. The minimum atomic E-state index is -4.54. The van der Waals surface area contributed by atoms with E-state index in [1.807, 2.05) is 26.0 Å². The van der Waals surface area contributed by atoms with Gasteiger partial charge in [0, 0.05) is 10.7 Å². The summed E-state index contributed by atoms with van der Waals surface area (Å²) >= 11 is 5.90. The molecule has 8 heteroatoms. The molecule has 0 saturated carbocycles. The minimum Gasteiger partial charge on any atom is -0.488 e. The number of aryl methyl sites for hydroxylation is 2. The molecule has 1 amide bonds. The monoisotopic (exact) mass is 484 g/mol. The van der Waals surface area contributed by atoms with Gasteiger partial charge in [-0.05, 0) is 84.6 Å². The Hall–Kier alpha value is -3.76. The Morgan fingerprint density at radius 3 is 2.32 bits per heavy atom. The zero-order valence-electron chi connectivity index (χ0n) is 18.3. The number of carbonyl (C=O) groups excluding carboxylic acids is 1. The summed E-state index contributed by atoms with van der Waals surface area (Å²) in [6, 6.07) is 16.8. The molecule has 0 saturated heterocycles. The van der Waals surface area contributed by atoms with Crippen molar-refractivity contribution in [2.75, 3.05) is 5.32 Å². The molecule has 3 aromatic rings. The van der Waals surface area contributed by atoms with Crippen LogP contribution in [-0.2, 0) is 17.6 Å². The lowest BCUT2D eigenvalue weighted by atomic mass is 10.0. The number of hydrogen-bond acceptors (Lipinski definition) is 3. The van der Waals surface area contributed by atoms with E-state index >= 15 is 0 Å². The summed E-state index contributed by atoms with van der Waals surface area (Å²) in [7, 11) is 0. The van der Waals surface area contributed by atoms with Crippen LogP contribution in [-0.4, -0.2) is 5.91 Å². The average Bonchev–Trinajstić information content (AvgIpc) is 2.77. The van der Waals surface area contributed by atoms with Crippen LogP contribution >= 0.6 is 11.6 Å². The number of nitriles is 1. The second-order valence-electron chi connectivity index (χ2n) is 7.60. The standard InChI is InChI=1S/C26H20ClF3N2O2/c1-16-10-19(11-17(2)24(16)34-15-18-6-8-22(27)9-7-18)12-20(14-31)25(33)32-23-5-3-4-21(13-23)26(28,29)30/h3-13H,15H2,1-2H3,(H,32,33)/b20-12+. The smallest absolute Gasteiger partial charge is 0.416 e. The van der Waals surface area contributed by atoms with Crippen LogP contribution < -0.4 is 10.1 Å². The molecule has 0 aliphatic rings. The third kappa shape index (κ3) is 6.40. The Labute approximate surface area is 200 Å². The number of anilines is 1. The van der Waals surface area contributed by atoms with E-state index in [-0.39, 0.29) is 11.3 Å². The van der Waals surface area contributed by atoms with Crippen LogP contribution in [0.1, 0.15) is 27.8 Å². The first-order chi connectivity index (χ1) is 16.1. The second kappa shape index (κ2) is 10.4. The molecule has 0 spiro atoms. The average molecular weight is 485 g/mol. The largest absolute Gasteiger partial charge is 0.488 e. The summed E-state index contributed by atoms with van der Waals surface area (Å²) in [5.74, 6) is -0.126. The molecule has 4 nitrogen and oxygen atoms in total. The number of amides is 1. The fourth-order valence-electron chi connectivity index (χ4n) is 3.32. The van der Waals surface area contributed by atoms with Gasteiger partial charge in [0.05, 0.1) is 5.56 Å². The van der Waals surface area contributed by atoms with Crippen molar-refractivity contribution >= 4 is 29.3 Å². The lowest BCUT2D eigenvalue weighted by molar-refractivity contribution is -0.137. The maximum atomic E-state index is 12.9. The molecule has 0 aromatic heterocycles. The molecule has 0 heterocycles. The highest BCUT2D eigenvalue weighted by Crippen LogP contribution is 2.31. The van der Waals surface area contributed by atoms with Gasteiger partial charge in [-0.15, -0.1) is 0 Å². The van der Waals surface area contributed by atoms with Gasteiger partial charge in [-0.1, -0.05) is 29.8 Å². The normalized spacial score (nSPS) is 11.6. The van der Waals surface area contributed by atoms with Crippen molar-refractivity contribution in [1.29, 1.82) is 5.26 Å². The van der Waals surface area contributed by atoms with E-state index in [4.69, 9.17) is 16.3 Å². The van der Waals surface area contributed by atoms with Gasteiger partial charge in [0.25, 0.3) is 5.91 Å². The van der Waals surface area contributed by atoms with Crippen molar-refractivity contribution in [2.45, 2.75) is 26.6 Å². The van der Waals surface area contributed by atoms with Gasteiger partial charge >= 0.3 is 6.18 Å². The first-order valence-corrected chi connectivity index (χ1v) is 10.5. The summed E-state index contributed by atoms with van der Waals surface area (Å²) in [5.41, 5.74) is 1.94. The predicted molar refractivity (Wildman–Crippen MR) is 125 cm³/mol. The minimum absolute atomic E-state index is 0.0562. The first-order valence-electron chi connectivity index (χ1n) is 10.2. The van der Waals surface area contributed by atoms with E-state index < -0.39 is 17.6 Å². The molecule has 3 aromatic carbocycles. The molecule has 0 radical (unpaired) electrons. The highest BCUT2D eigenvalue weighted by Gasteiger charge is 2.30. The second-order valence-corrected chi connectivity index (χ2v) is 8.04. The van der Waals surface area contributed by atoms with Crippen molar-refractivity contribution in [2.24, 2.45) is 0 Å². The number of nitrogens with zero attached hydrogens (tertiary/aromatic N) is 1. The molecule has 0 bridgehead atoms. The highest BCUT2D eigenvalue weighted by atomic mass is 35.5. The number of benzene rings is 3. The number of nitrogens with one attached hydrogen (secondary N) is 1. The van der Waals surface area contributed by atoms with Gasteiger partial charge in [0.15, 0.2) is 0 Å². The van der Waals surface area contributed by atoms with Crippen LogP contribution in [0.4, 0.5) is 18.9 Å². The lowest BCUT2D eigenvalue weighted by Crippen LogP contribution is -2.14. The van der Waals surface area contributed by atoms with Crippen LogP contribution in [0.25, 0.3) is 6.08 Å². The van der Waals surface area contributed by atoms with Gasteiger partial charge in [0.2, 0.25) is 0 Å². The van der Waals surface area contributed by atoms with E-state index in [0.717, 1.165) is 28.8 Å². The molecule has 34 heavy (non-hydrogen) atoms. The Morgan fingerprint density at radius 2 is 1.74 bits per heavy atom. The van der Waals surface area contributed by atoms with Crippen molar-refractivity contribution < 1.29 is 22.7 Å². The van der Waals surface area contributed by atoms with Gasteiger partial charge in [-0.25, -0.2) is 0 Å². The van der Waals surface area contributed by atoms with Crippen LogP contribution in [0.3, 0.4) is 0 Å². The van der Waals surface area contributed by atoms with Gasteiger partial charge in [-0.2, -0.15) is 18.4 Å². The van der Waals surface area contributed by atoms with Crippen LogP contribution in [0.15, 0.2) is 66.2 Å². The molecular formula is C26H20ClF3N2O2. The summed E-state index contributed by atoms with van der Waals surface area (Å²) in [6.45, 7) is 4.03. The van der Waals surface area contributed by atoms with Gasteiger partial charge in [0.1, 0.15) is 24.0 Å². The third-order valence-electron chi connectivity index (χ3n) is 4.90. The highest BCUT2D eigenvalue weighted by molar-refractivity contribution is 6.30. The summed E-state index contributed by atoms with van der Waals surface area (Å²) in [6.07, 6.45) is -3.16. The van der Waals surface area contributed by atoms with E-state index in [1.54, 1.807) is 30.3 Å². The number of hydrogen-bond donors (Lipinski definition) is 1. The molecule has 3 rings (SSSR count). The lowest BCUT2D eigenvalue weighted by Gasteiger charge is -2.14. The first kappa shape index (κ1) is 24.9. The molecule has 0 unspecified atom stereocenters. The maximum absolute atomic E-state index is 12.9. The van der Waals surface area contributed by atoms with E-state index in [1.165, 1.54) is 18.2 Å². The van der Waals surface area contributed by atoms with Crippen LogP contribution in [0.5, 0.6) is 5.75 Å². The summed E-state index contributed by atoms with van der Waals surface area (Å²) < 4.78 is 44.6. The quantitative estimate of drug-likeness (QED) is 0.300. The number of carbonyl (C=O) groups is 1. The summed E-state index contributed by atoms with van der Waals surface area (Å²) in [4.78, 5) is 12.5. The molecule has 0 aliphatic heterocycles. The third-order valence-corrected chi connectivity index (χ3v) is 5.15. The molecule has 0 atom stereocenters. The zero-order chi connectivity index (χ0) is 24.9.